The summed E-state index contributed by atoms with van der Waals surface area (Å²) in [6.07, 6.45) is 0. The molecule has 0 bridgehead atoms. The number of ether oxygens (including phenoxy) is 1. The van der Waals surface area contributed by atoms with Crippen molar-refractivity contribution in [2.75, 3.05) is 7.11 Å². The summed E-state index contributed by atoms with van der Waals surface area (Å²) in [7, 11) is 1.72. The van der Waals surface area contributed by atoms with Gasteiger partial charge in [-0.15, -0.1) is 0 Å². The number of hydrogen-bond acceptors (Lipinski definition) is 1. The van der Waals surface area contributed by atoms with E-state index in [-0.39, 0.29) is 0 Å². The lowest BCUT2D eigenvalue weighted by Gasteiger charge is -2.03. The number of aryl methyl sites for hydroxylation is 1. The fourth-order valence-electron chi connectivity index (χ4n) is 1.67. The van der Waals surface area contributed by atoms with Crippen LogP contribution in [0.1, 0.15) is 25.0 Å². The van der Waals surface area contributed by atoms with E-state index in [1.807, 2.05) is 13.8 Å². The van der Waals surface area contributed by atoms with Crippen molar-refractivity contribution in [2.45, 2.75) is 27.4 Å². The maximum Gasteiger partial charge on any atom is 0.0713 e. The molecule has 0 aromatic heterocycles. The minimum absolute atomic E-state index is 0.684. The van der Waals surface area contributed by atoms with Crippen molar-refractivity contribution in [3.05, 3.63) is 47.5 Å². The van der Waals surface area contributed by atoms with Crippen LogP contribution in [0.15, 0.2) is 36.4 Å². The summed E-state index contributed by atoms with van der Waals surface area (Å²) >= 11 is 0. The third-order valence-electron chi connectivity index (χ3n) is 2.37. The molecule has 0 saturated heterocycles. The quantitative estimate of drug-likeness (QED) is 0.726. The van der Waals surface area contributed by atoms with Gasteiger partial charge in [-0.3, -0.25) is 0 Å². The SMILES string of the molecule is CC.COCc1ccc2ccc(C)cc2c1. The maximum absolute atomic E-state index is 5.11. The highest BCUT2D eigenvalue weighted by molar-refractivity contribution is 5.83. The first-order valence-electron chi connectivity index (χ1n) is 5.78. The predicted molar refractivity (Wildman–Crippen MR) is 70.7 cm³/mol. The van der Waals surface area contributed by atoms with Crippen LogP contribution >= 0.6 is 0 Å². The lowest BCUT2D eigenvalue weighted by molar-refractivity contribution is 0.185. The van der Waals surface area contributed by atoms with E-state index < -0.39 is 0 Å². The molecule has 16 heavy (non-hydrogen) atoms. The second kappa shape index (κ2) is 6.29. The zero-order valence-corrected chi connectivity index (χ0v) is 10.6. The van der Waals surface area contributed by atoms with Gasteiger partial charge in [0.1, 0.15) is 0 Å². The molecule has 0 aliphatic heterocycles. The molecule has 1 nitrogen and oxygen atoms in total. The number of hydrogen-bond donors (Lipinski definition) is 0. The maximum atomic E-state index is 5.11. The molecule has 2 aromatic carbocycles. The molecular formula is C15H20O. The van der Waals surface area contributed by atoms with Crippen molar-refractivity contribution in [3.8, 4) is 0 Å². The topological polar surface area (TPSA) is 9.23 Å². The van der Waals surface area contributed by atoms with Crippen LogP contribution in [-0.4, -0.2) is 7.11 Å². The Morgan fingerprint density at radius 1 is 0.938 bits per heavy atom. The Morgan fingerprint density at radius 3 is 2.31 bits per heavy atom. The Kier molecular flexibility index (Phi) is 5.00. The molecule has 0 fully saturated rings. The molecule has 0 amide bonds. The highest BCUT2D eigenvalue weighted by Gasteiger charge is 1.96. The van der Waals surface area contributed by atoms with Gasteiger partial charge in [-0.25, -0.2) is 0 Å². The molecule has 0 spiro atoms. The highest BCUT2D eigenvalue weighted by atomic mass is 16.5. The summed E-state index contributed by atoms with van der Waals surface area (Å²) in [5.41, 5.74) is 2.53. The third kappa shape index (κ3) is 3.07. The highest BCUT2D eigenvalue weighted by Crippen LogP contribution is 2.17. The molecular weight excluding hydrogens is 196 g/mol. The predicted octanol–water partition coefficient (Wildman–Crippen LogP) is 4.32. The van der Waals surface area contributed by atoms with Gasteiger partial charge in [0.05, 0.1) is 6.61 Å². The van der Waals surface area contributed by atoms with Crippen molar-refractivity contribution in [1.82, 2.24) is 0 Å². The van der Waals surface area contributed by atoms with E-state index in [2.05, 4.69) is 43.3 Å². The zero-order valence-electron chi connectivity index (χ0n) is 10.6. The van der Waals surface area contributed by atoms with Crippen LogP contribution in [-0.2, 0) is 11.3 Å². The van der Waals surface area contributed by atoms with Crippen LogP contribution in [0.3, 0.4) is 0 Å². The van der Waals surface area contributed by atoms with E-state index in [4.69, 9.17) is 4.74 Å². The minimum atomic E-state index is 0.684. The Balaban J connectivity index is 0.000000606. The first kappa shape index (κ1) is 12.7. The van der Waals surface area contributed by atoms with Crippen molar-refractivity contribution in [3.63, 3.8) is 0 Å². The standard InChI is InChI=1S/C13H14O.C2H6/c1-10-3-5-12-6-4-11(9-14-2)8-13(12)7-10;1-2/h3-8H,9H2,1-2H3;1-2H3. The smallest absolute Gasteiger partial charge is 0.0713 e. The lowest BCUT2D eigenvalue weighted by Crippen LogP contribution is -1.87. The Labute approximate surface area is 98.1 Å². The average molecular weight is 216 g/mol. The fourth-order valence-corrected chi connectivity index (χ4v) is 1.67. The molecule has 0 saturated carbocycles. The molecule has 86 valence electrons. The number of methoxy groups -OCH3 is 1. The lowest BCUT2D eigenvalue weighted by atomic mass is 10.1. The van der Waals surface area contributed by atoms with Crippen molar-refractivity contribution < 1.29 is 4.74 Å². The molecule has 2 aromatic rings. The van der Waals surface area contributed by atoms with Crippen molar-refractivity contribution in [2.24, 2.45) is 0 Å². The number of benzene rings is 2. The van der Waals surface area contributed by atoms with Crippen LogP contribution in [0.2, 0.25) is 0 Å². The second-order valence-electron chi connectivity index (χ2n) is 3.62. The summed E-state index contributed by atoms with van der Waals surface area (Å²) in [4.78, 5) is 0. The summed E-state index contributed by atoms with van der Waals surface area (Å²) in [6.45, 7) is 6.80. The van der Waals surface area contributed by atoms with E-state index in [1.54, 1.807) is 7.11 Å². The molecule has 0 aliphatic carbocycles. The molecule has 0 unspecified atom stereocenters. The van der Waals surface area contributed by atoms with Gasteiger partial charge in [-0.05, 0) is 29.3 Å². The Bertz CT molecular complexity index is 446. The number of rotatable bonds is 2. The molecule has 0 N–H and O–H groups in total. The van der Waals surface area contributed by atoms with Gasteiger partial charge in [-0.2, -0.15) is 0 Å². The van der Waals surface area contributed by atoms with E-state index in [1.165, 1.54) is 21.9 Å². The third-order valence-corrected chi connectivity index (χ3v) is 2.37. The van der Waals surface area contributed by atoms with Gasteiger partial charge in [0.25, 0.3) is 0 Å². The largest absolute Gasteiger partial charge is 0.380 e. The van der Waals surface area contributed by atoms with Crippen LogP contribution in [0.4, 0.5) is 0 Å². The van der Waals surface area contributed by atoms with Gasteiger partial charge < -0.3 is 4.74 Å². The fraction of sp³-hybridized carbons (Fsp3) is 0.333. The van der Waals surface area contributed by atoms with Crippen LogP contribution in [0.5, 0.6) is 0 Å². The summed E-state index contributed by atoms with van der Waals surface area (Å²) in [5, 5.41) is 2.58. The van der Waals surface area contributed by atoms with Crippen molar-refractivity contribution >= 4 is 10.8 Å². The van der Waals surface area contributed by atoms with Crippen molar-refractivity contribution in [1.29, 1.82) is 0 Å². The summed E-state index contributed by atoms with van der Waals surface area (Å²) in [6, 6.07) is 12.9. The molecule has 1 heteroatoms. The van der Waals surface area contributed by atoms with Crippen LogP contribution in [0.25, 0.3) is 10.8 Å². The molecule has 0 aliphatic rings. The Morgan fingerprint density at radius 2 is 1.62 bits per heavy atom. The van der Waals surface area contributed by atoms with Crippen LogP contribution < -0.4 is 0 Å². The van der Waals surface area contributed by atoms with E-state index in [0.29, 0.717) is 6.61 Å². The molecule has 0 atom stereocenters. The van der Waals surface area contributed by atoms with E-state index in [9.17, 15) is 0 Å². The van der Waals surface area contributed by atoms with Gasteiger partial charge in [0.15, 0.2) is 0 Å². The second-order valence-corrected chi connectivity index (χ2v) is 3.62. The summed E-state index contributed by atoms with van der Waals surface area (Å²) in [5.74, 6) is 0. The van der Waals surface area contributed by atoms with E-state index in [0.717, 1.165) is 0 Å². The number of fused-ring (bicyclic) bond motifs is 1. The first-order chi connectivity index (χ1) is 7.79. The molecule has 2 rings (SSSR count). The Hall–Kier alpha value is -1.34. The monoisotopic (exact) mass is 216 g/mol. The average Bonchev–Trinajstić information content (AvgIpc) is 2.31. The summed E-state index contributed by atoms with van der Waals surface area (Å²) < 4.78 is 5.11. The van der Waals surface area contributed by atoms with Crippen LogP contribution in [0, 0.1) is 6.92 Å². The van der Waals surface area contributed by atoms with Gasteiger partial charge in [-0.1, -0.05) is 49.7 Å². The minimum Gasteiger partial charge on any atom is -0.380 e. The normalized spacial score (nSPS) is 9.75. The van der Waals surface area contributed by atoms with Gasteiger partial charge >= 0.3 is 0 Å². The zero-order chi connectivity index (χ0) is 12.0. The van der Waals surface area contributed by atoms with Gasteiger partial charge in [0.2, 0.25) is 0 Å². The molecule has 0 radical (unpaired) electrons. The van der Waals surface area contributed by atoms with Gasteiger partial charge in [0, 0.05) is 7.11 Å². The first-order valence-corrected chi connectivity index (χ1v) is 5.78. The van der Waals surface area contributed by atoms with E-state index >= 15 is 0 Å². The molecule has 0 heterocycles.